The number of nitriles is 1. The molecule has 1 aliphatic rings. The van der Waals surface area contributed by atoms with Crippen LogP contribution in [-0.2, 0) is 11.3 Å². The molecule has 0 spiro atoms. The minimum atomic E-state index is 0.404. The van der Waals surface area contributed by atoms with Gasteiger partial charge in [-0.2, -0.15) is 5.26 Å². The molecular weight excluding hydrogens is 438 g/mol. The van der Waals surface area contributed by atoms with Crippen LogP contribution in [0.15, 0.2) is 85.1 Å². The van der Waals surface area contributed by atoms with Crippen molar-refractivity contribution in [2.45, 2.75) is 6.61 Å². The number of benzene rings is 3. The average Bonchev–Trinajstić information content (AvgIpc) is 2.93. The topological polar surface area (TPSA) is 83.3 Å². The quantitative estimate of drug-likeness (QED) is 0.405. The molecule has 1 aliphatic heterocycles. The molecule has 2 heterocycles. The highest BCUT2D eigenvalue weighted by molar-refractivity contribution is 5.66. The normalized spacial score (nSPS) is 13.2. The molecule has 0 bridgehead atoms. The van der Waals surface area contributed by atoms with E-state index in [1.54, 1.807) is 12.3 Å². The minimum Gasteiger partial charge on any atom is -0.488 e. The lowest BCUT2D eigenvalue weighted by molar-refractivity contribution is 0.122. The fourth-order valence-corrected chi connectivity index (χ4v) is 3.92. The van der Waals surface area contributed by atoms with Gasteiger partial charge in [-0.15, -0.1) is 0 Å². The lowest BCUT2D eigenvalue weighted by Crippen LogP contribution is -2.36. The number of nitrogens with one attached hydrogen (secondary N) is 1. The molecule has 0 amide bonds. The molecule has 5 rings (SSSR count). The first-order chi connectivity index (χ1) is 17.3. The zero-order chi connectivity index (χ0) is 23.9. The lowest BCUT2D eigenvalue weighted by atomic mass is 10.1. The Morgan fingerprint density at radius 1 is 0.971 bits per heavy atom. The molecule has 0 atom stereocenters. The van der Waals surface area contributed by atoms with Gasteiger partial charge in [0.05, 0.1) is 24.5 Å². The summed E-state index contributed by atoms with van der Waals surface area (Å²) in [6, 6.07) is 27.7. The van der Waals surface area contributed by atoms with Gasteiger partial charge in [0.1, 0.15) is 18.4 Å². The fraction of sp³-hybridized carbons (Fsp3) is 0.179. The fourth-order valence-electron chi connectivity index (χ4n) is 3.92. The van der Waals surface area contributed by atoms with Crippen LogP contribution < -0.4 is 15.0 Å². The van der Waals surface area contributed by atoms with Crippen molar-refractivity contribution in [3.63, 3.8) is 0 Å². The maximum absolute atomic E-state index is 9.67. The summed E-state index contributed by atoms with van der Waals surface area (Å²) in [7, 11) is 0. The summed E-state index contributed by atoms with van der Waals surface area (Å²) < 4.78 is 11.3. The van der Waals surface area contributed by atoms with Gasteiger partial charge in [-0.1, -0.05) is 30.3 Å². The highest BCUT2D eigenvalue weighted by Gasteiger charge is 2.12. The van der Waals surface area contributed by atoms with Crippen LogP contribution in [0.5, 0.6) is 5.75 Å². The third-order valence-electron chi connectivity index (χ3n) is 5.79. The highest BCUT2D eigenvalue weighted by atomic mass is 16.5. The molecule has 0 unspecified atom stereocenters. The number of nitrogens with zero attached hydrogens (tertiary/aromatic N) is 4. The zero-order valence-electron chi connectivity index (χ0n) is 19.2. The Labute approximate surface area is 204 Å². The van der Waals surface area contributed by atoms with Gasteiger partial charge in [-0.25, -0.2) is 9.97 Å². The number of aromatic nitrogens is 2. The number of hydrogen-bond donors (Lipinski definition) is 1. The van der Waals surface area contributed by atoms with Gasteiger partial charge in [0.15, 0.2) is 0 Å². The second-order valence-electron chi connectivity index (χ2n) is 8.13. The van der Waals surface area contributed by atoms with Gasteiger partial charge >= 0.3 is 0 Å². The average molecular weight is 464 g/mol. The lowest BCUT2D eigenvalue weighted by Gasteiger charge is -2.28. The summed E-state index contributed by atoms with van der Waals surface area (Å²) in [4.78, 5) is 11.3. The molecular formula is C28H25N5O2. The van der Waals surface area contributed by atoms with Crippen molar-refractivity contribution in [3.8, 4) is 23.1 Å². The van der Waals surface area contributed by atoms with Crippen molar-refractivity contribution in [3.05, 3.63) is 96.2 Å². The SMILES string of the molecule is N#Cc1cc(-c2ccnc(Nc3ccc(N4CCOCC4)cc3)n2)ccc1OCc1ccccc1. The third-order valence-corrected chi connectivity index (χ3v) is 5.79. The monoisotopic (exact) mass is 463 g/mol. The minimum absolute atomic E-state index is 0.404. The van der Waals surface area contributed by atoms with E-state index in [2.05, 4.69) is 38.4 Å². The predicted octanol–water partition coefficient (Wildman–Crippen LogP) is 5.17. The van der Waals surface area contributed by atoms with Gasteiger partial charge in [-0.3, -0.25) is 0 Å². The highest BCUT2D eigenvalue weighted by Crippen LogP contribution is 2.27. The number of hydrogen-bond acceptors (Lipinski definition) is 7. The van der Waals surface area contributed by atoms with E-state index in [0.717, 1.165) is 48.8 Å². The first-order valence-electron chi connectivity index (χ1n) is 11.5. The Morgan fingerprint density at radius 3 is 2.54 bits per heavy atom. The van der Waals surface area contributed by atoms with E-state index in [1.807, 2.05) is 60.7 Å². The first-order valence-corrected chi connectivity index (χ1v) is 11.5. The maximum Gasteiger partial charge on any atom is 0.227 e. The molecule has 1 aromatic heterocycles. The van der Waals surface area contributed by atoms with E-state index in [-0.39, 0.29) is 0 Å². The smallest absolute Gasteiger partial charge is 0.227 e. The van der Waals surface area contributed by atoms with Crippen LogP contribution in [0.3, 0.4) is 0 Å². The van der Waals surface area contributed by atoms with Crippen molar-refractivity contribution in [2.24, 2.45) is 0 Å². The number of rotatable bonds is 7. The summed E-state index contributed by atoms with van der Waals surface area (Å²) in [6.07, 6.45) is 1.71. The standard InChI is InChI=1S/C28H25N5O2/c29-19-23-18-22(6-11-27(23)35-20-21-4-2-1-3-5-21)26-12-13-30-28(32-26)31-24-7-9-25(10-8-24)33-14-16-34-17-15-33/h1-13,18H,14-17,20H2,(H,30,31,32). The molecule has 1 N–H and O–H groups in total. The molecule has 7 nitrogen and oxygen atoms in total. The van der Waals surface area contributed by atoms with Crippen molar-refractivity contribution >= 4 is 17.3 Å². The molecule has 0 radical (unpaired) electrons. The Hall–Kier alpha value is -4.41. The number of anilines is 3. The van der Waals surface area contributed by atoms with E-state index in [4.69, 9.17) is 9.47 Å². The second-order valence-corrected chi connectivity index (χ2v) is 8.13. The maximum atomic E-state index is 9.67. The Bertz CT molecular complexity index is 1310. The predicted molar refractivity (Wildman–Crippen MR) is 136 cm³/mol. The van der Waals surface area contributed by atoms with Crippen molar-refractivity contribution < 1.29 is 9.47 Å². The first kappa shape index (κ1) is 22.4. The molecule has 35 heavy (non-hydrogen) atoms. The zero-order valence-corrected chi connectivity index (χ0v) is 19.2. The molecule has 0 aliphatic carbocycles. The number of morpholine rings is 1. The van der Waals surface area contributed by atoms with E-state index in [1.165, 1.54) is 5.69 Å². The van der Waals surface area contributed by atoms with Gasteiger partial charge in [0.2, 0.25) is 5.95 Å². The molecule has 7 heteroatoms. The molecule has 0 saturated carbocycles. The molecule has 174 valence electrons. The van der Waals surface area contributed by atoms with Crippen molar-refractivity contribution in [1.29, 1.82) is 5.26 Å². The van der Waals surface area contributed by atoms with Crippen LogP contribution in [0.4, 0.5) is 17.3 Å². The summed E-state index contributed by atoms with van der Waals surface area (Å²) in [5.41, 5.74) is 5.13. The van der Waals surface area contributed by atoms with Crippen LogP contribution in [0.2, 0.25) is 0 Å². The van der Waals surface area contributed by atoms with Crippen LogP contribution in [-0.4, -0.2) is 36.3 Å². The molecule has 3 aromatic carbocycles. The summed E-state index contributed by atoms with van der Waals surface area (Å²) in [5, 5.41) is 12.9. The van der Waals surface area contributed by atoms with Crippen LogP contribution in [0.25, 0.3) is 11.3 Å². The van der Waals surface area contributed by atoms with Crippen molar-refractivity contribution in [1.82, 2.24) is 9.97 Å². The van der Waals surface area contributed by atoms with Gasteiger partial charge in [0.25, 0.3) is 0 Å². The van der Waals surface area contributed by atoms with Crippen LogP contribution >= 0.6 is 0 Å². The van der Waals surface area contributed by atoms with Crippen LogP contribution in [0, 0.1) is 11.3 Å². The summed E-state index contributed by atoms with van der Waals surface area (Å²) >= 11 is 0. The van der Waals surface area contributed by atoms with E-state index in [9.17, 15) is 5.26 Å². The van der Waals surface area contributed by atoms with Gasteiger partial charge in [-0.05, 0) is 54.1 Å². The third kappa shape index (κ3) is 5.57. The van der Waals surface area contributed by atoms with Crippen molar-refractivity contribution in [2.75, 3.05) is 36.5 Å². The summed E-state index contributed by atoms with van der Waals surface area (Å²) in [5.74, 6) is 1.04. The summed E-state index contributed by atoms with van der Waals surface area (Å²) in [6.45, 7) is 3.72. The van der Waals surface area contributed by atoms with Gasteiger partial charge < -0.3 is 19.7 Å². The molecule has 1 fully saturated rings. The van der Waals surface area contributed by atoms with E-state index < -0.39 is 0 Å². The largest absolute Gasteiger partial charge is 0.488 e. The molecule has 1 saturated heterocycles. The molecule has 4 aromatic rings. The Balaban J connectivity index is 1.28. The van der Waals surface area contributed by atoms with Crippen LogP contribution in [0.1, 0.15) is 11.1 Å². The Morgan fingerprint density at radius 2 is 1.77 bits per heavy atom. The second kappa shape index (κ2) is 10.7. The Kier molecular flexibility index (Phi) is 6.83. The van der Waals surface area contributed by atoms with Gasteiger partial charge in [0, 0.05) is 36.2 Å². The number of ether oxygens (including phenoxy) is 2. The van der Waals surface area contributed by atoms with E-state index in [0.29, 0.717) is 23.9 Å². The van der Waals surface area contributed by atoms with E-state index >= 15 is 0 Å².